The van der Waals surface area contributed by atoms with Gasteiger partial charge in [0.15, 0.2) is 6.61 Å². The van der Waals surface area contributed by atoms with Crippen LogP contribution in [0.25, 0.3) is 0 Å². The summed E-state index contributed by atoms with van der Waals surface area (Å²) in [5.74, 6) is 1.36. The molecule has 0 aliphatic rings. The fourth-order valence-corrected chi connectivity index (χ4v) is 3.73. The van der Waals surface area contributed by atoms with E-state index in [1.807, 2.05) is 67.6 Å². The third-order valence-corrected chi connectivity index (χ3v) is 5.68. The van der Waals surface area contributed by atoms with E-state index in [0.29, 0.717) is 11.5 Å². The van der Waals surface area contributed by atoms with Crippen LogP contribution in [0.15, 0.2) is 90.0 Å². The first-order valence-electron chi connectivity index (χ1n) is 10.6. The Bertz CT molecular complexity index is 1040. The maximum absolute atomic E-state index is 12.1. The van der Waals surface area contributed by atoms with E-state index < -0.39 is 0 Å². The average Bonchev–Trinajstić information content (AvgIpc) is 2.85. The molecule has 7 heteroatoms. The van der Waals surface area contributed by atoms with Crippen LogP contribution in [0.5, 0.6) is 5.75 Å². The number of hydrogen-bond donors (Lipinski definition) is 2. The first-order valence-corrected chi connectivity index (χ1v) is 11.8. The van der Waals surface area contributed by atoms with Gasteiger partial charge in [0, 0.05) is 5.75 Å². The Kier molecular flexibility index (Phi) is 9.54. The summed E-state index contributed by atoms with van der Waals surface area (Å²) in [6, 6.07) is 26.8. The lowest BCUT2D eigenvalue weighted by molar-refractivity contribution is -0.123. The zero-order chi connectivity index (χ0) is 23.3. The van der Waals surface area contributed by atoms with Crippen LogP contribution in [-0.4, -0.2) is 30.4 Å². The number of carbonyl (C=O) groups is 2. The van der Waals surface area contributed by atoms with Crippen LogP contribution in [0.4, 0.5) is 0 Å². The summed E-state index contributed by atoms with van der Waals surface area (Å²) in [7, 11) is 0. The van der Waals surface area contributed by atoms with Crippen molar-refractivity contribution < 1.29 is 14.3 Å². The molecule has 0 heterocycles. The highest BCUT2D eigenvalue weighted by Crippen LogP contribution is 2.13. The van der Waals surface area contributed by atoms with Gasteiger partial charge in [-0.05, 0) is 47.9 Å². The number of carbonyl (C=O) groups excluding carboxylic acids is 2. The molecule has 0 unspecified atom stereocenters. The summed E-state index contributed by atoms with van der Waals surface area (Å²) in [4.78, 5) is 24.0. The maximum Gasteiger partial charge on any atom is 0.258 e. The van der Waals surface area contributed by atoms with E-state index in [1.54, 1.807) is 30.5 Å². The quantitative estimate of drug-likeness (QED) is 0.329. The van der Waals surface area contributed by atoms with Gasteiger partial charge in [-0.2, -0.15) is 5.10 Å². The SMILES string of the molecule is C[C@H](NC(=O)COc1ccc(/C=N\NC(=O)CSCc2ccccc2)cc1)c1ccccc1. The minimum absolute atomic E-state index is 0.0681. The molecule has 0 saturated carbocycles. The molecule has 0 saturated heterocycles. The third kappa shape index (κ3) is 8.82. The largest absolute Gasteiger partial charge is 0.484 e. The van der Waals surface area contributed by atoms with Gasteiger partial charge in [-0.15, -0.1) is 11.8 Å². The number of ether oxygens (including phenoxy) is 1. The molecule has 3 aromatic rings. The standard InChI is InChI=1S/C26H27N3O3S/c1-20(23-10-6-3-7-11-23)28-25(30)17-32-24-14-12-21(13-15-24)16-27-29-26(31)19-33-18-22-8-4-2-5-9-22/h2-16,20H,17-19H2,1H3,(H,28,30)(H,29,31)/b27-16-/t20-/m0/s1. The highest BCUT2D eigenvalue weighted by atomic mass is 32.2. The van der Waals surface area contributed by atoms with E-state index in [1.165, 1.54) is 17.3 Å². The van der Waals surface area contributed by atoms with Crippen LogP contribution < -0.4 is 15.5 Å². The molecule has 6 nitrogen and oxygen atoms in total. The second-order valence-corrected chi connectivity index (χ2v) is 8.31. The van der Waals surface area contributed by atoms with Gasteiger partial charge in [0.05, 0.1) is 18.0 Å². The highest BCUT2D eigenvalue weighted by Gasteiger charge is 2.09. The van der Waals surface area contributed by atoms with Gasteiger partial charge >= 0.3 is 0 Å². The summed E-state index contributed by atoms with van der Waals surface area (Å²) < 4.78 is 5.55. The molecule has 0 aliphatic heterocycles. The summed E-state index contributed by atoms with van der Waals surface area (Å²) in [5.41, 5.74) is 5.56. The fourth-order valence-electron chi connectivity index (χ4n) is 2.95. The number of hydrazone groups is 1. The summed E-state index contributed by atoms with van der Waals surface area (Å²) in [5, 5.41) is 6.90. The number of amides is 2. The predicted octanol–water partition coefficient (Wildman–Crippen LogP) is 4.33. The van der Waals surface area contributed by atoms with Gasteiger partial charge in [0.25, 0.3) is 5.91 Å². The molecule has 0 fully saturated rings. The van der Waals surface area contributed by atoms with E-state index in [2.05, 4.69) is 15.8 Å². The molecule has 0 bridgehead atoms. The average molecular weight is 462 g/mol. The first kappa shape index (κ1) is 24.1. The molecule has 0 aromatic heterocycles. The van der Waals surface area contributed by atoms with Crippen molar-refractivity contribution in [3.63, 3.8) is 0 Å². The van der Waals surface area contributed by atoms with Gasteiger partial charge in [-0.1, -0.05) is 60.7 Å². The van der Waals surface area contributed by atoms with Crippen LogP contribution in [0.3, 0.4) is 0 Å². The van der Waals surface area contributed by atoms with Crippen LogP contribution in [0.1, 0.15) is 29.7 Å². The Morgan fingerprint density at radius 3 is 2.30 bits per heavy atom. The van der Waals surface area contributed by atoms with Crippen molar-refractivity contribution in [2.24, 2.45) is 5.10 Å². The number of nitrogens with one attached hydrogen (secondary N) is 2. The van der Waals surface area contributed by atoms with Crippen LogP contribution >= 0.6 is 11.8 Å². The van der Waals surface area contributed by atoms with Crippen molar-refractivity contribution in [3.05, 3.63) is 102 Å². The lowest BCUT2D eigenvalue weighted by atomic mass is 10.1. The smallest absolute Gasteiger partial charge is 0.258 e. The van der Waals surface area contributed by atoms with Gasteiger partial charge in [-0.3, -0.25) is 9.59 Å². The summed E-state index contributed by atoms with van der Waals surface area (Å²) in [6.07, 6.45) is 1.57. The molecule has 0 spiro atoms. The van der Waals surface area contributed by atoms with Gasteiger partial charge < -0.3 is 10.1 Å². The summed E-state index contributed by atoms with van der Waals surface area (Å²) in [6.45, 7) is 1.86. The zero-order valence-corrected chi connectivity index (χ0v) is 19.3. The number of thioether (sulfide) groups is 1. The van der Waals surface area contributed by atoms with E-state index in [9.17, 15) is 9.59 Å². The molecule has 33 heavy (non-hydrogen) atoms. The van der Waals surface area contributed by atoms with E-state index >= 15 is 0 Å². The van der Waals surface area contributed by atoms with Crippen molar-refractivity contribution in [3.8, 4) is 5.75 Å². The Morgan fingerprint density at radius 2 is 1.61 bits per heavy atom. The normalized spacial score (nSPS) is 11.7. The fraction of sp³-hybridized carbons (Fsp3) is 0.192. The molecule has 3 aromatic carbocycles. The topological polar surface area (TPSA) is 79.8 Å². The molecular formula is C26H27N3O3S. The van der Waals surface area contributed by atoms with E-state index in [-0.39, 0.29) is 24.5 Å². The number of nitrogens with zero attached hydrogens (tertiary/aromatic N) is 1. The highest BCUT2D eigenvalue weighted by molar-refractivity contribution is 7.99. The molecule has 0 aliphatic carbocycles. The lowest BCUT2D eigenvalue weighted by Crippen LogP contribution is -2.31. The molecule has 2 amide bonds. The molecule has 3 rings (SSSR count). The zero-order valence-electron chi connectivity index (χ0n) is 18.4. The van der Waals surface area contributed by atoms with Gasteiger partial charge in [0.2, 0.25) is 5.91 Å². The van der Waals surface area contributed by atoms with E-state index in [4.69, 9.17) is 4.74 Å². The Labute approximate surface area is 198 Å². The van der Waals surface area contributed by atoms with Crippen molar-refractivity contribution in [2.75, 3.05) is 12.4 Å². The van der Waals surface area contributed by atoms with Gasteiger partial charge in [0.1, 0.15) is 5.75 Å². The van der Waals surface area contributed by atoms with Gasteiger partial charge in [-0.25, -0.2) is 5.43 Å². The minimum atomic E-state index is -0.190. The molecule has 2 N–H and O–H groups in total. The number of benzene rings is 3. The maximum atomic E-state index is 12.1. The van der Waals surface area contributed by atoms with Crippen molar-refractivity contribution >= 4 is 29.8 Å². The number of rotatable bonds is 11. The summed E-state index contributed by atoms with van der Waals surface area (Å²) >= 11 is 1.54. The second-order valence-electron chi connectivity index (χ2n) is 7.33. The molecular weight excluding hydrogens is 434 g/mol. The van der Waals surface area contributed by atoms with Crippen LogP contribution in [0.2, 0.25) is 0 Å². The van der Waals surface area contributed by atoms with Crippen molar-refractivity contribution in [1.82, 2.24) is 10.7 Å². The second kappa shape index (κ2) is 13.1. The monoisotopic (exact) mass is 461 g/mol. The molecule has 170 valence electrons. The Hall–Kier alpha value is -3.58. The molecule has 0 radical (unpaired) electrons. The molecule has 1 atom stereocenters. The van der Waals surface area contributed by atoms with Crippen LogP contribution in [-0.2, 0) is 15.3 Å². The predicted molar refractivity (Wildman–Crippen MR) is 133 cm³/mol. The van der Waals surface area contributed by atoms with E-state index in [0.717, 1.165) is 16.9 Å². The number of hydrogen-bond acceptors (Lipinski definition) is 5. The van der Waals surface area contributed by atoms with Crippen molar-refractivity contribution in [1.29, 1.82) is 0 Å². The van der Waals surface area contributed by atoms with Crippen LogP contribution in [0, 0.1) is 0 Å². The Balaban J connectivity index is 1.35. The Morgan fingerprint density at radius 1 is 0.939 bits per heavy atom. The van der Waals surface area contributed by atoms with Crippen molar-refractivity contribution in [2.45, 2.75) is 18.7 Å². The minimum Gasteiger partial charge on any atom is -0.484 e. The third-order valence-electron chi connectivity index (χ3n) is 4.67. The first-order chi connectivity index (χ1) is 16.1. The lowest BCUT2D eigenvalue weighted by Gasteiger charge is -2.14.